The van der Waals surface area contributed by atoms with Crippen LogP contribution in [-0.4, -0.2) is 30.9 Å². The van der Waals surface area contributed by atoms with E-state index in [1.165, 1.54) is 0 Å². The molecular weight excluding hydrogens is 242 g/mol. The summed E-state index contributed by atoms with van der Waals surface area (Å²) in [6.45, 7) is 1.05. The van der Waals surface area contributed by atoms with E-state index in [9.17, 15) is 9.59 Å². The van der Waals surface area contributed by atoms with Crippen molar-refractivity contribution in [3.8, 4) is 0 Å². The zero-order valence-electron chi connectivity index (χ0n) is 10.8. The van der Waals surface area contributed by atoms with Crippen LogP contribution in [0, 0.1) is 0 Å². The van der Waals surface area contributed by atoms with E-state index in [1.807, 2.05) is 18.2 Å². The highest BCUT2D eigenvalue weighted by Crippen LogP contribution is 2.07. The van der Waals surface area contributed by atoms with Crippen molar-refractivity contribution in [1.29, 1.82) is 0 Å². The molecule has 4 N–H and O–H groups in total. The van der Waals surface area contributed by atoms with Gasteiger partial charge >= 0.3 is 0 Å². The summed E-state index contributed by atoms with van der Waals surface area (Å²) in [6, 6.07) is 7.51. The SMILES string of the molecule is NCCc1cccc(C(=O)NCC2CCC(=O)N2)c1. The standard InChI is InChI=1S/C14H19N3O2/c15-7-6-10-2-1-3-11(8-10)14(19)16-9-12-4-5-13(18)17-12/h1-3,8,12H,4-7,9,15H2,(H,16,19)(H,17,18). The Labute approximate surface area is 112 Å². The van der Waals surface area contributed by atoms with Crippen LogP contribution in [0.2, 0.25) is 0 Å². The number of hydrogen-bond donors (Lipinski definition) is 3. The van der Waals surface area contributed by atoms with Gasteiger partial charge in [-0.2, -0.15) is 0 Å². The van der Waals surface area contributed by atoms with Gasteiger partial charge in [0.2, 0.25) is 5.91 Å². The van der Waals surface area contributed by atoms with E-state index in [0.717, 1.165) is 18.4 Å². The molecule has 5 heteroatoms. The summed E-state index contributed by atoms with van der Waals surface area (Å²) in [4.78, 5) is 23.0. The normalized spacial score (nSPS) is 18.2. The number of hydrogen-bond acceptors (Lipinski definition) is 3. The molecule has 1 saturated heterocycles. The second-order valence-corrected chi connectivity index (χ2v) is 4.75. The van der Waals surface area contributed by atoms with Gasteiger partial charge in [0.05, 0.1) is 0 Å². The maximum atomic E-state index is 12.0. The maximum Gasteiger partial charge on any atom is 0.251 e. The number of nitrogens with one attached hydrogen (secondary N) is 2. The van der Waals surface area contributed by atoms with E-state index >= 15 is 0 Å². The topological polar surface area (TPSA) is 84.2 Å². The molecule has 1 heterocycles. The van der Waals surface area contributed by atoms with Gasteiger partial charge in [0.1, 0.15) is 0 Å². The van der Waals surface area contributed by atoms with E-state index in [1.54, 1.807) is 6.07 Å². The van der Waals surface area contributed by atoms with Gasteiger partial charge in [0, 0.05) is 24.6 Å². The average Bonchev–Trinajstić information content (AvgIpc) is 2.82. The van der Waals surface area contributed by atoms with Crippen LogP contribution in [0.5, 0.6) is 0 Å². The molecule has 1 unspecified atom stereocenters. The summed E-state index contributed by atoms with van der Waals surface area (Å²) < 4.78 is 0. The largest absolute Gasteiger partial charge is 0.352 e. The lowest BCUT2D eigenvalue weighted by Gasteiger charge is -2.11. The minimum absolute atomic E-state index is 0.0590. The highest BCUT2D eigenvalue weighted by Gasteiger charge is 2.21. The van der Waals surface area contributed by atoms with Crippen LogP contribution in [0.3, 0.4) is 0 Å². The fourth-order valence-electron chi connectivity index (χ4n) is 2.18. The highest BCUT2D eigenvalue weighted by molar-refractivity contribution is 5.94. The lowest BCUT2D eigenvalue weighted by Crippen LogP contribution is -2.38. The summed E-state index contributed by atoms with van der Waals surface area (Å²) in [7, 11) is 0. The van der Waals surface area contributed by atoms with Crippen molar-refractivity contribution >= 4 is 11.8 Å². The molecule has 1 fully saturated rings. The van der Waals surface area contributed by atoms with Crippen LogP contribution >= 0.6 is 0 Å². The molecule has 2 rings (SSSR count). The smallest absolute Gasteiger partial charge is 0.251 e. The van der Waals surface area contributed by atoms with E-state index in [-0.39, 0.29) is 17.9 Å². The zero-order valence-corrected chi connectivity index (χ0v) is 10.8. The Hall–Kier alpha value is -1.88. The molecule has 102 valence electrons. The van der Waals surface area contributed by atoms with Gasteiger partial charge in [0.25, 0.3) is 5.91 Å². The molecule has 1 aromatic rings. The average molecular weight is 261 g/mol. The Morgan fingerprint density at radius 2 is 2.32 bits per heavy atom. The van der Waals surface area contributed by atoms with Gasteiger partial charge < -0.3 is 16.4 Å². The number of nitrogens with two attached hydrogens (primary N) is 1. The molecule has 1 aliphatic rings. The Morgan fingerprint density at radius 1 is 1.47 bits per heavy atom. The quantitative estimate of drug-likeness (QED) is 0.707. The lowest BCUT2D eigenvalue weighted by atomic mass is 10.1. The van der Waals surface area contributed by atoms with Crippen LogP contribution in [0.25, 0.3) is 0 Å². The third kappa shape index (κ3) is 3.79. The number of benzene rings is 1. The fraction of sp³-hybridized carbons (Fsp3) is 0.429. The Morgan fingerprint density at radius 3 is 3.00 bits per heavy atom. The monoisotopic (exact) mass is 261 g/mol. The third-order valence-electron chi connectivity index (χ3n) is 3.22. The van der Waals surface area contributed by atoms with E-state index in [4.69, 9.17) is 5.73 Å². The van der Waals surface area contributed by atoms with E-state index < -0.39 is 0 Å². The summed E-state index contributed by atoms with van der Waals surface area (Å²) >= 11 is 0. The minimum atomic E-state index is -0.111. The van der Waals surface area contributed by atoms with Crippen molar-refractivity contribution in [2.24, 2.45) is 5.73 Å². The Balaban J connectivity index is 1.88. The van der Waals surface area contributed by atoms with Crippen LogP contribution in [0.15, 0.2) is 24.3 Å². The number of carbonyl (C=O) groups excluding carboxylic acids is 2. The van der Waals surface area contributed by atoms with Crippen LogP contribution < -0.4 is 16.4 Å². The molecule has 5 nitrogen and oxygen atoms in total. The van der Waals surface area contributed by atoms with Gasteiger partial charge in [-0.05, 0) is 37.1 Å². The first-order valence-corrected chi connectivity index (χ1v) is 6.55. The summed E-state index contributed by atoms with van der Waals surface area (Å²) in [5.41, 5.74) is 7.19. The molecule has 1 atom stereocenters. The molecule has 2 amide bonds. The first-order chi connectivity index (χ1) is 9.19. The molecule has 0 aromatic heterocycles. The number of amides is 2. The Bertz CT molecular complexity index is 474. The molecule has 0 spiro atoms. The van der Waals surface area contributed by atoms with Gasteiger partial charge in [-0.1, -0.05) is 12.1 Å². The van der Waals surface area contributed by atoms with Crippen molar-refractivity contribution in [3.05, 3.63) is 35.4 Å². The van der Waals surface area contributed by atoms with Crippen molar-refractivity contribution in [2.45, 2.75) is 25.3 Å². The van der Waals surface area contributed by atoms with Gasteiger partial charge in [-0.25, -0.2) is 0 Å². The second-order valence-electron chi connectivity index (χ2n) is 4.75. The predicted molar refractivity (Wildman–Crippen MR) is 72.7 cm³/mol. The van der Waals surface area contributed by atoms with Crippen molar-refractivity contribution < 1.29 is 9.59 Å². The third-order valence-corrected chi connectivity index (χ3v) is 3.22. The number of rotatable bonds is 5. The molecule has 0 radical (unpaired) electrons. The summed E-state index contributed by atoms with van der Waals surface area (Å²) in [5.74, 6) is -0.0517. The minimum Gasteiger partial charge on any atom is -0.352 e. The first kappa shape index (κ1) is 13.5. The van der Waals surface area contributed by atoms with Crippen LogP contribution in [0.1, 0.15) is 28.8 Å². The summed E-state index contributed by atoms with van der Waals surface area (Å²) in [6.07, 6.45) is 2.10. The van der Waals surface area contributed by atoms with Crippen LogP contribution in [0.4, 0.5) is 0 Å². The van der Waals surface area contributed by atoms with E-state index in [0.29, 0.717) is 25.1 Å². The molecule has 0 bridgehead atoms. The maximum absolute atomic E-state index is 12.0. The lowest BCUT2D eigenvalue weighted by molar-refractivity contribution is -0.119. The van der Waals surface area contributed by atoms with Gasteiger partial charge in [-0.3, -0.25) is 9.59 Å². The van der Waals surface area contributed by atoms with E-state index in [2.05, 4.69) is 10.6 Å². The molecule has 0 saturated carbocycles. The Kier molecular flexibility index (Phi) is 4.52. The second kappa shape index (κ2) is 6.33. The van der Waals surface area contributed by atoms with Crippen molar-refractivity contribution in [3.63, 3.8) is 0 Å². The first-order valence-electron chi connectivity index (χ1n) is 6.55. The molecular formula is C14H19N3O2. The van der Waals surface area contributed by atoms with Crippen LogP contribution in [-0.2, 0) is 11.2 Å². The number of carbonyl (C=O) groups is 2. The van der Waals surface area contributed by atoms with Crippen molar-refractivity contribution in [1.82, 2.24) is 10.6 Å². The highest BCUT2D eigenvalue weighted by atomic mass is 16.2. The molecule has 19 heavy (non-hydrogen) atoms. The predicted octanol–water partition coefficient (Wildman–Crippen LogP) is 0.196. The molecule has 0 aliphatic carbocycles. The molecule has 1 aliphatic heterocycles. The van der Waals surface area contributed by atoms with Crippen molar-refractivity contribution in [2.75, 3.05) is 13.1 Å². The van der Waals surface area contributed by atoms with Gasteiger partial charge in [-0.15, -0.1) is 0 Å². The molecule has 1 aromatic carbocycles. The zero-order chi connectivity index (χ0) is 13.7. The summed E-state index contributed by atoms with van der Waals surface area (Å²) in [5, 5.41) is 5.67. The fourth-order valence-corrected chi connectivity index (χ4v) is 2.18. The van der Waals surface area contributed by atoms with Gasteiger partial charge in [0.15, 0.2) is 0 Å².